The topological polar surface area (TPSA) is 118 Å². The van der Waals surface area contributed by atoms with Crippen molar-refractivity contribution in [2.24, 2.45) is 0 Å². The highest BCUT2D eigenvalue weighted by atomic mass is 32.2. The standard InChI is InChI=1S/C23H24N6O3S2/c1-14-5-11-19(12-6-14)34(31,32)28-18-9-7-17(8-10-18)25-21(30)13-20-15(2)24-22-26-23(33-4)27-29(22)16(20)3/h5-12,28H,13H2,1-4H3,(H,25,30). The summed E-state index contributed by atoms with van der Waals surface area (Å²) in [5, 5.41) is 7.87. The number of carbonyl (C=O) groups is 1. The van der Waals surface area contributed by atoms with Crippen molar-refractivity contribution < 1.29 is 13.2 Å². The summed E-state index contributed by atoms with van der Waals surface area (Å²) in [5.41, 5.74) is 4.25. The highest BCUT2D eigenvalue weighted by Crippen LogP contribution is 2.20. The lowest BCUT2D eigenvalue weighted by Gasteiger charge is -2.12. The van der Waals surface area contributed by atoms with E-state index in [0.717, 1.165) is 22.5 Å². The molecule has 34 heavy (non-hydrogen) atoms. The van der Waals surface area contributed by atoms with Gasteiger partial charge in [-0.2, -0.15) is 4.98 Å². The van der Waals surface area contributed by atoms with Crippen LogP contribution in [0.5, 0.6) is 0 Å². The van der Waals surface area contributed by atoms with Crippen LogP contribution < -0.4 is 10.0 Å². The molecule has 11 heteroatoms. The molecule has 4 rings (SSSR count). The summed E-state index contributed by atoms with van der Waals surface area (Å²) < 4.78 is 29.3. The lowest BCUT2D eigenvalue weighted by atomic mass is 10.1. The van der Waals surface area contributed by atoms with Crippen LogP contribution in [-0.2, 0) is 21.2 Å². The van der Waals surface area contributed by atoms with Crippen molar-refractivity contribution in [2.45, 2.75) is 37.2 Å². The molecular formula is C23H24N6O3S2. The molecule has 0 aliphatic rings. The molecule has 2 aromatic carbocycles. The second kappa shape index (κ2) is 9.43. The molecule has 9 nitrogen and oxygen atoms in total. The number of hydrogen-bond acceptors (Lipinski definition) is 7. The fraction of sp³-hybridized carbons (Fsp3) is 0.217. The molecule has 0 unspecified atom stereocenters. The van der Waals surface area contributed by atoms with Gasteiger partial charge in [0.2, 0.25) is 11.1 Å². The Morgan fingerprint density at radius 3 is 2.26 bits per heavy atom. The van der Waals surface area contributed by atoms with Crippen molar-refractivity contribution in [1.82, 2.24) is 19.6 Å². The van der Waals surface area contributed by atoms with Crippen LogP contribution in [0.1, 0.15) is 22.5 Å². The summed E-state index contributed by atoms with van der Waals surface area (Å²) in [6.45, 7) is 5.63. The number of hydrogen-bond donors (Lipinski definition) is 2. The summed E-state index contributed by atoms with van der Waals surface area (Å²) in [5.74, 6) is 0.290. The van der Waals surface area contributed by atoms with Gasteiger partial charge in [0.05, 0.1) is 11.3 Å². The molecule has 0 bridgehead atoms. The minimum absolute atomic E-state index is 0.122. The number of aromatic nitrogens is 4. The Kier molecular flexibility index (Phi) is 6.58. The number of aryl methyl sites for hydroxylation is 3. The Morgan fingerprint density at radius 2 is 1.62 bits per heavy atom. The van der Waals surface area contributed by atoms with Crippen LogP contribution in [0.3, 0.4) is 0 Å². The normalized spacial score (nSPS) is 11.5. The Hall–Kier alpha value is -3.44. The van der Waals surface area contributed by atoms with Gasteiger partial charge in [0, 0.05) is 28.3 Å². The predicted octanol–water partition coefficient (Wildman–Crippen LogP) is 3.75. The molecule has 1 amide bonds. The molecule has 0 fully saturated rings. The summed E-state index contributed by atoms with van der Waals surface area (Å²) in [6.07, 6.45) is 2.01. The maximum absolute atomic E-state index is 12.7. The van der Waals surface area contributed by atoms with Gasteiger partial charge in [-0.1, -0.05) is 29.5 Å². The number of fused-ring (bicyclic) bond motifs is 1. The van der Waals surface area contributed by atoms with E-state index in [9.17, 15) is 13.2 Å². The van der Waals surface area contributed by atoms with Crippen LogP contribution in [-0.4, -0.2) is 40.2 Å². The smallest absolute Gasteiger partial charge is 0.261 e. The maximum atomic E-state index is 12.7. The van der Waals surface area contributed by atoms with Crippen molar-refractivity contribution in [3.05, 3.63) is 71.0 Å². The van der Waals surface area contributed by atoms with E-state index in [1.807, 2.05) is 27.0 Å². The van der Waals surface area contributed by atoms with Crippen LogP contribution in [0.4, 0.5) is 11.4 Å². The van der Waals surface area contributed by atoms with E-state index in [1.54, 1.807) is 53.0 Å². The van der Waals surface area contributed by atoms with E-state index >= 15 is 0 Å². The molecule has 0 saturated heterocycles. The second-order valence-corrected chi connectivity index (χ2v) is 10.2. The molecule has 0 spiro atoms. The van der Waals surface area contributed by atoms with Gasteiger partial charge in [0.25, 0.3) is 15.8 Å². The van der Waals surface area contributed by atoms with Crippen molar-refractivity contribution >= 4 is 44.8 Å². The largest absolute Gasteiger partial charge is 0.326 e. The fourth-order valence-electron chi connectivity index (χ4n) is 3.45. The predicted molar refractivity (Wildman–Crippen MR) is 133 cm³/mol. The molecular weight excluding hydrogens is 472 g/mol. The van der Waals surface area contributed by atoms with E-state index < -0.39 is 10.0 Å². The quantitative estimate of drug-likeness (QED) is 0.374. The lowest BCUT2D eigenvalue weighted by molar-refractivity contribution is -0.115. The number of nitrogens with zero attached hydrogens (tertiary/aromatic N) is 4. The van der Waals surface area contributed by atoms with Crippen LogP contribution in [0.15, 0.2) is 58.6 Å². The molecule has 0 saturated carbocycles. The van der Waals surface area contributed by atoms with Gasteiger partial charge in [-0.05, 0) is 63.4 Å². The maximum Gasteiger partial charge on any atom is 0.261 e. The third-order valence-electron chi connectivity index (χ3n) is 5.30. The van der Waals surface area contributed by atoms with Gasteiger partial charge in [-0.15, -0.1) is 5.10 Å². The Labute approximate surface area is 202 Å². The third-order valence-corrected chi connectivity index (χ3v) is 7.24. The fourth-order valence-corrected chi connectivity index (χ4v) is 4.85. The number of amides is 1. The van der Waals surface area contributed by atoms with Crippen LogP contribution >= 0.6 is 11.8 Å². The first-order valence-corrected chi connectivity index (χ1v) is 13.1. The van der Waals surface area contributed by atoms with Crippen molar-refractivity contribution in [1.29, 1.82) is 0 Å². The van der Waals surface area contributed by atoms with E-state index in [1.165, 1.54) is 11.8 Å². The van der Waals surface area contributed by atoms with Crippen molar-refractivity contribution in [2.75, 3.05) is 16.3 Å². The SMILES string of the molecule is CSc1nc2nc(C)c(CC(=O)Nc3ccc(NS(=O)(=O)c4ccc(C)cc4)cc3)c(C)n2n1. The molecule has 0 radical (unpaired) electrons. The number of anilines is 2. The van der Waals surface area contributed by atoms with E-state index in [4.69, 9.17) is 0 Å². The van der Waals surface area contributed by atoms with Crippen LogP contribution in [0.2, 0.25) is 0 Å². The summed E-state index contributed by atoms with van der Waals surface area (Å²) in [7, 11) is -3.69. The van der Waals surface area contributed by atoms with Crippen molar-refractivity contribution in [3.63, 3.8) is 0 Å². The highest BCUT2D eigenvalue weighted by molar-refractivity contribution is 7.98. The number of thioether (sulfide) groups is 1. The number of benzene rings is 2. The molecule has 0 aliphatic carbocycles. The number of rotatable bonds is 7. The van der Waals surface area contributed by atoms with E-state index in [-0.39, 0.29) is 17.2 Å². The molecule has 0 atom stereocenters. The first-order valence-electron chi connectivity index (χ1n) is 10.4. The lowest BCUT2D eigenvalue weighted by Crippen LogP contribution is -2.18. The first kappa shape index (κ1) is 23.7. The Bertz CT molecular complexity index is 1460. The molecule has 176 valence electrons. The van der Waals surface area contributed by atoms with Crippen LogP contribution in [0.25, 0.3) is 5.78 Å². The summed E-state index contributed by atoms with van der Waals surface area (Å²) in [6, 6.07) is 13.1. The van der Waals surface area contributed by atoms with E-state index in [2.05, 4.69) is 25.1 Å². The van der Waals surface area contributed by atoms with Crippen LogP contribution in [0, 0.1) is 20.8 Å². The second-order valence-electron chi connectivity index (χ2n) is 7.79. The molecule has 4 aromatic rings. The molecule has 0 aliphatic heterocycles. The minimum Gasteiger partial charge on any atom is -0.326 e. The van der Waals surface area contributed by atoms with Gasteiger partial charge < -0.3 is 5.32 Å². The Balaban J connectivity index is 1.45. The number of carbonyl (C=O) groups excluding carboxylic acids is 1. The average Bonchev–Trinajstić information content (AvgIpc) is 3.21. The van der Waals surface area contributed by atoms with Gasteiger partial charge >= 0.3 is 0 Å². The number of nitrogens with one attached hydrogen (secondary N) is 2. The monoisotopic (exact) mass is 496 g/mol. The minimum atomic E-state index is -3.69. The zero-order valence-electron chi connectivity index (χ0n) is 19.2. The third kappa shape index (κ3) is 5.05. The molecule has 2 aromatic heterocycles. The highest BCUT2D eigenvalue weighted by Gasteiger charge is 2.17. The van der Waals surface area contributed by atoms with E-state index in [0.29, 0.717) is 22.3 Å². The Morgan fingerprint density at radius 1 is 0.971 bits per heavy atom. The van der Waals surface area contributed by atoms with Gasteiger partial charge in [0.15, 0.2) is 0 Å². The zero-order valence-corrected chi connectivity index (χ0v) is 20.8. The van der Waals surface area contributed by atoms with Crippen molar-refractivity contribution in [3.8, 4) is 0 Å². The molecule has 2 N–H and O–H groups in total. The van der Waals surface area contributed by atoms with Gasteiger partial charge in [-0.3, -0.25) is 9.52 Å². The van der Waals surface area contributed by atoms with Gasteiger partial charge in [-0.25, -0.2) is 17.9 Å². The zero-order chi connectivity index (χ0) is 24.5. The summed E-state index contributed by atoms with van der Waals surface area (Å²) >= 11 is 1.43. The number of sulfonamides is 1. The summed E-state index contributed by atoms with van der Waals surface area (Å²) in [4.78, 5) is 21.7. The first-order chi connectivity index (χ1) is 16.2. The average molecular weight is 497 g/mol. The molecule has 2 heterocycles. The van der Waals surface area contributed by atoms with Gasteiger partial charge in [0.1, 0.15) is 0 Å².